The summed E-state index contributed by atoms with van der Waals surface area (Å²) in [4.78, 5) is 4.05. The molecular formula is C21H19N3O3S. The van der Waals surface area contributed by atoms with Crippen molar-refractivity contribution in [2.45, 2.75) is 13.5 Å². The smallest absolute Gasteiger partial charge is 0.235 e. The Morgan fingerprint density at radius 2 is 1.82 bits per heavy atom. The van der Waals surface area contributed by atoms with E-state index in [0.717, 1.165) is 5.56 Å². The lowest BCUT2D eigenvalue weighted by Gasteiger charge is -2.24. The summed E-state index contributed by atoms with van der Waals surface area (Å²) < 4.78 is 32.3. The maximum atomic E-state index is 12.6. The van der Waals surface area contributed by atoms with Crippen LogP contribution >= 0.6 is 0 Å². The van der Waals surface area contributed by atoms with Gasteiger partial charge in [-0.15, -0.1) is 0 Å². The lowest BCUT2D eigenvalue weighted by molar-refractivity contribution is 0.481. The predicted molar refractivity (Wildman–Crippen MR) is 108 cm³/mol. The largest absolute Gasteiger partial charge is 0.456 e. The molecule has 3 rings (SSSR count). The van der Waals surface area contributed by atoms with Gasteiger partial charge in [0.25, 0.3) is 0 Å². The number of rotatable bonds is 7. The van der Waals surface area contributed by atoms with Gasteiger partial charge in [-0.3, -0.25) is 9.29 Å². The molecule has 0 N–H and O–H groups in total. The quantitative estimate of drug-likeness (QED) is 0.603. The van der Waals surface area contributed by atoms with Gasteiger partial charge in [0.15, 0.2) is 0 Å². The number of sulfonamides is 1. The summed E-state index contributed by atoms with van der Waals surface area (Å²) in [6.07, 6.45) is 3.29. The standard InChI is InChI=1S/C21H19N3O3S/c1-2-28(25,26)24(16-17-6-5-13-23-15-17)19-9-11-20(12-10-19)27-21-8-4-3-7-18(21)14-22/h3-13,15H,2,16H2,1H3. The molecule has 0 atom stereocenters. The number of hydrogen-bond donors (Lipinski definition) is 0. The maximum absolute atomic E-state index is 12.6. The molecule has 6 nitrogen and oxygen atoms in total. The zero-order valence-corrected chi connectivity index (χ0v) is 16.1. The molecule has 0 unspecified atom stereocenters. The third kappa shape index (κ3) is 4.48. The summed E-state index contributed by atoms with van der Waals surface area (Å²) in [6, 6.07) is 19.4. The Kier molecular flexibility index (Phi) is 5.92. The summed E-state index contributed by atoms with van der Waals surface area (Å²) in [5.41, 5.74) is 1.76. The fourth-order valence-electron chi connectivity index (χ4n) is 2.62. The van der Waals surface area contributed by atoms with E-state index in [4.69, 9.17) is 10.00 Å². The van der Waals surface area contributed by atoms with Crippen molar-refractivity contribution < 1.29 is 13.2 Å². The fraction of sp³-hybridized carbons (Fsp3) is 0.143. The molecule has 0 saturated carbocycles. The summed E-state index contributed by atoms with van der Waals surface area (Å²) >= 11 is 0. The van der Waals surface area contributed by atoms with Crippen molar-refractivity contribution in [1.82, 2.24) is 4.98 Å². The summed E-state index contributed by atoms with van der Waals surface area (Å²) in [7, 11) is -3.47. The molecule has 0 bridgehead atoms. The Morgan fingerprint density at radius 1 is 1.07 bits per heavy atom. The molecule has 7 heteroatoms. The monoisotopic (exact) mass is 393 g/mol. The topological polar surface area (TPSA) is 83.3 Å². The van der Waals surface area contributed by atoms with Gasteiger partial charge in [-0.05, 0) is 55.0 Å². The van der Waals surface area contributed by atoms with Gasteiger partial charge >= 0.3 is 0 Å². The van der Waals surface area contributed by atoms with Crippen LogP contribution < -0.4 is 9.04 Å². The van der Waals surface area contributed by atoms with E-state index in [2.05, 4.69) is 11.1 Å². The molecule has 28 heavy (non-hydrogen) atoms. The number of aromatic nitrogens is 1. The maximum Gasteiger partial charge on any atom is 0.235 e. The molecule has 1 aromatic heterocycles. The second-order valence-electron chi connectivity index (χ2n) is 5.97. The first-order valence-electron chi connectivity index (χ1n) is 8.70. The Hall–Kier alpha value is -3.37. The van der Waals surface area contributed by atoms with Crippen LogP contribution in [-0.2, 0) is 16.6 Å². The minimum Gasteiger partial charge on any atom is -0.456 e. The van der Waals surface area contributed by atoms with Crippen molar-refractivity contribution in [3.63, 3.8) is 0 Å². The molecule has 0 aliphatic carbocycles. The average molecular weight is 393 g/mol. The number of benzene rings is 2. The molecule has 0 spiro atoms. The lowest BCUT2D eigenvalue weighted by atomic mass is 10.2. The van der Waals surface area contributed by atoms with Crippen LogP contribution in [0.15, 0.2) is 73.1 Å². The van der Waals surface area contributed by atoms with Crippen LogP contribution in [0.4, 0.5) is 5.69 Å². The van der Waals surface area contributed by atoms with Crippen molar-refractivity contribution >= 4 is 15.7 Å². The van der Waals surface area contributed by atoms with E-state index in [0.29, 0.717) is 22.7 Å². The van der Waals surface area contributed by atoms with E-state index in [9.17, 15) is 8.42 Å². The van der Waals surface area contributed by atoms with Crippen LogP contribution in [0, 0.1) is 11.3 Å². The predicted octanol–water partition coefficient (Wildman–Crippen LogP) is 4.10. The van der Waals surface area contributed by atoms with Crippen molar-refractivity contribution in [2.24, 2.45) is 0 Å². The molecule has 0 amide bonds. The van der Waals surface area contributed by atoms with Crippen LogP contribution in [-0.4, -0.2) is 19.2 Å². The van der Waals surface area contributed by atoms with E-state index >= 15 is 0 Å². The van der Waals surface area contributed by atoms with E-state index in [1.807, 2.05) is 6.07 Å². The van der Waals surface area contributed by atoms with Crippen molar-refractivity contribution in [3.05, 3.63) is 84.2 Å². The van der Waals surface area contributed by atoms with Gasteiger partial charge in [-0.25, -0.2) is 8.42 Å². The molecule has 3 aromatic rings. The number of para-hydroxylation sites is 1. The van der Waals surface area contributed by atoms with Crippen LogP contribution in [0.5, 0.6) is 11.5 Å². The highest BCUT2D eigenvalue weighted by Crippen LogP contribution is 2.28. The second kappa shape index (κ2) is 8.55. The first-order chi connectivity index (χ1) is 13.5. The number of pyridine rings is 1. The summed E-state index contributed by atoms with van der Waals surface area (Å²) in [5, 5.41) is 9.16. The van der Waals surface area contributed by atoms with Gasteiger partial charge in [0.1, 0.15) is 17.6 Å². The molecule has 2 aromatic carbocycles. The van der Waals surface area contributed by atoms with Crippen molar-refractivity contribution in [1.29, 1.82) is 5.26 Å². The van der Waals surface area contributed by atoms with E-state index < -0.39 is 10.0 Å². The molecule has 0 radical (unpaired) electrons. The summed E-state index contributed by atoms with van der Waals surface area (Å²) in [5.74, 6) is 0.953. The Labute approximate surface area is 164 Å². The summed E-state index contributed by atoms with van der Waals surface area (Å²) in [6.45, 7) is 1.81. The normalized spacial score (nSPS) is 10.9. The highest BCUT2D eigenvalue weighted by atomic mass is 32.2. The minimum absolute atomic E-state index is 0.0128. The first-order valence-corrected chi connectivity index (χ1v) is 10.3. The zero-order chi connectivity index (χ0) is 20.0. The van der Waals surface area contributed by atoms with Crippen LogP contribution in [0.2, 0.25) is 0 Å². The molecular weight excluding hydrogens is 374 g/mol. The third-order valence-electron chi connectivity index (χ3n) is 4.11. The molecule has 0 saturated heterocycles. The van der Waals surface area contributed by atoms with E-state index in [1.165, 1.54) is 4.31 Å². The Bertz CT molecular complexity index is 1080. The number of hydrogen-bond acceptors (Lipinski definition) is 5. The fourth-order valence-corrected chi connectivity index (χ4v) is 3.72. The average Bonchev–Trinajstić information content (AvgIpc) is 2.74. The Morgan fingerprint density at radius 3 is 2.46 bits per heavy atom. The van der Waals surface area contributed by atoms with Crippen LogP contribution in [0.1, 0.15) is 18.1 Å². The van der Waals surface area contributed by atoms with Gasteiger partial charge in [-0.2, -0.15) is 5.26 Å². The van der Waals surface area contributed by atoms with Crippen LogP contribution in [0.25, 0.3) is 0 Å². The van der Waals surface area contributed by atoms with E-state index in [1.54, 1.807) is 73.9 Å². The SMILES string of the molecule is CCS(=O)(=O)N(Cc1cccnc1)c1ccc(Oc2ccccc2C#N)cc1. The van der Waals surface area contributed by atoms with Gasteiger partial charge in [-0.1, -0.05) is 18.2 Å². The highest BCUT2D eigenvalue weighted by molar-refractivity contribution is 7.92. The minimum atomic E-state index is -3.47. The first kappa shape index (κ1) is 19.4. The number of ether oxygens (including phenoxy) is 1. The third-order valence-corrected chi connectivity index (χ3v) is 5.85. The van der Waals surface area contributed by atoms with Gasteiger partial charge in [0.05, 0.1) is 23.5 Å². The second-order valence-corrected chi connectivity index (χ2v) is 8.15. The van der Waals surface area contributed by atoms with E-state index in [-0.39, 0.29) is 12.3 Å². The number of nitriles is 1. The molecule has 0 aliphatic rings. The van der Waals surface area contributed by atoms with Crippen LogP contribution in [0.3, 0.4) is 0 Å². The number of anilines is 1. The van der Waals surface area contributed by atoms with Gasteiger partial charge in [0, 0.05) is 12.4 Å². The number of nitrogens with zero attached hydrogens (tertiary/aromatic N) is 3. The van der Waals surface area contributed by atoms with Gasteiger partial charge in [0.2, 0.25) is 10.0 Å². The molecule has 0 fully saturated rings. The zero-order valence-electron chi connectivity index (χ0n) is 15.3. The van der Waals surface area contributed by atoms with Gasteiger partial charge < -0.3 is 4.74 Å². The van der Waals surface area contributed by atoms with Crippen molar-refractivity contribution in [2.75, 3.05) is 10.1 Å². The highest BCUT2D eigenvalue weighted by Gasteiger charge is 2.21. The molecule has 1 heterocycles. The molecule has 0 aliphatic heterocycles. The lowest BCUT2D eigenvalue weighted by Crippen LogP contribution is -2.31. The molecule has 142 valence electrons. The Balaban J connectivity index is 1.87. The van der Waals surface area contributed by atoms with Crippen molar-refractivity contribution in [3.8, 4) is 17.6 Å².